The lowest BCUT2D eigenvalue weighted by Crippen LogP contribution is -2.18. The highest BCUT2D eigenvalue weighted by molar-refractivity contribution is 9.10. The van der Waals surface area contributed by atoms with Crippen molar-refractivity contribution in [2.24, 2.45) is 11.7 Å². The van der Waals surface area contributed by atoms with Crippen LogP contribution in [0.5, 0.6) is 5.75 Å². The number of hydrogen-bond acceptors (Lipinski definition) is 2. The molecule has 0 aliphatic heterocycles. The molecular weight excluding hydrogens is 242 g/mol. The average Bonchev–Trinajstić information content (AvgIpc) is 2.19. The van der Waals surface area contributed by atoms with E-state index in [2.05, 4.69) is 29.8 Å². The smallest absolute Gasteiger partial charge is 0.115 e. The van der Waals surface area contributed by atoms with Crippen LogP contribution in [0.25, 0.3) is 0 Å². The minimum absolute atomic E-state index is 0.0264. The third-order valence-electron chi connectivity index (χ3n) is 2.60. The van der Waals surface area contributed by atoms with Gasteiger partial charge in [-0.05, 0) is 29.7 Å². The summed E-state index contributed by atoms with van der Waals surface area (Å²) < 4.78 is 0.961. The molecule has 0 aliphatic rings. The molecule has 0 saturated heterocycles. The van der Waals surface area contributed by atoms with Gasteiger partial charge < -0.3 is 10.8 Å². The van der Waals surface area contributed by atoms with Gasteiger partial charge in [-0.25, -0.2) is 0 Å². The predicted molar refractivity (Wildman–Crippen MR) is 62.2 cm³/mol. The van der Waals surface area contributed by atoms with Gasteiger partial charge in [-0.1, -0.05) is 36.2 Å². The number of halogens is 1. The third kappa shape index (κ3) is 2.49. The highest BCUT2D eigenvalue weighted by Crippen LogP contribution is 2.30. The molecule has 0 fully saturated rings. The standard InChI is InChI=1S/C11H16BrNO/c1-3-7(2)11(13)9-6-8(14)4-5-10(9)12/h4-7,11,14H,3,13H2,1-2H3/t7?,11-/m0/s1. The minimum atomic E-state index is -0.0264. The van der Waals surface area contributed by atoms with Crippen LogP contribution in [0.4, 0.5) is 0 Å². The molecule has 3 heteroatoms. The first kappa shape index (κ1) is 11.5. The number of nitrogens with two attached hydrogens (primary N) is 1. The SMILES string of the molecule is CCC(C)[C@H](N)c1cc(O)ccc1Br. The van der Waals surface area contributed by atoms with Gasteiger partial charge in [0.2, 0.25) is 0 Å². The van der Waals surface area contributed by atoms with E-state index in [1.54, 1.807) is 12.1 Å². The summed E-state index contributed by atoms with van der Waals surface area (Å²) in [4.78, 5) is 0. The topological polar surface area (TPSA) is 46.2 Å². The van der Waals surface area contributed by atoms with E-state index in [1.165, 1.54) is 0 Å². The maximum Gasteiger partial charge on any atom is 0.115 e. The lowest BCUT2D eigenvalue weighted by Gasteiger charge is -2.20. The Kier molecular flexibility index (Phi) is 3.96. The second-order valence-electron chi connectivity index (χ2n) is 3.62. The normalized spacial score (nSPS) is 15.1. The van der Waals surface area contributed by atoms with E-state index >= 15 is 0 Å². The summed E-state index contributed by atoms with van der Waals surface area (Å²) in [5.41, 5.74) is 7.05. The van der Waals surface area contributed by atoms with E-state index in [1.807, 2.05) is 6.07 Å². The Labute approximate surface area is 93.3 Å². The van der Waals surface area contributed by atoms with Crippen molar-refractivity contribution < 1.29 is 5.11 Å². The van der Waals surface area contributed by atoms with Crippen molar-refractivity contribution in [1.82, 2.24) is 0 Å². The minimum Gasteiger partial charge on any atom is -0.508 e. The quantitative estimate of drug-likeness (QED) is 0.874. The fraction of sp³-hybridized carbons (Fsp3) is 0.455. The number of benzene rings is 1. The van der Waals surface area contributed by atoms with Crippen LogP contribution >= 0.6 is 15.9 Å². The highest BCUT2D eigenvalue weighted by atomic mass is 79.9. The molecule has 14 heavy (non-hydrogen) atoms. The molecule has 0 amide bonds. The van der Waals surface area contributed by atoms with Crippen LogP contribution < -0.4 is 5.73 Å². The fourth-order valence-corrected chi connectivity index (χ4v) is 1.86. The zero-order chi connectivity index (χ0) is 10.7. The number of hydrogen-bond donors (Lipinski definition) is 2. The Hall–Kier alpha value is -0.540. The molecule has 78 valence electrons. The molecule has 0 radical (unpaired) electrons. The molecule has 0 aliphatic carbocycles. The van der Waals surface area contributed by atoms with Crippen molar-refractivity contribution in [3.8, 4) is 5.75 Å². The summed E-state index contributed by atoms with van der Waals surface area (Å²) in [5.74, 6) is 0.676. The van der Waals surface area contributed by atoms with E-state index in [-0.39, 0.29) is 11.8 Å². The van der Waals surface area contributed by atoms with Crippen LogP contribution in [0.1, 0.15) is 31.9 Å². The molecule has 2 nitrogen and oxygen atoms in total. The van der Waals surface area contributed by atoms with Crippen LogP contribution in [-0.2, 0) is 0 Å². The monoisotopic (exact) mass is 257 g/mol. The number of phenolic OH excluding ortho intramolecular Hbond substituents is 1. The molecule has 1 aromatic rings. The van der Waals surface area contributed by atoms with E-state index in [4.69, 9.17) is 5.73 Å². The Bertz CT molecular complexity index is 314. The zero-order valence-electron chi connectivity index (χ0n) is 8.50. The zero-order valence-corrected chi connectivity index (χ0v) is 10.1. The van der Waals surface area contributed by atoms with Gasteiger partial charge in [-0.2, -0.15) is 0 Å². The molecule has 1 aromatic carbocycles. The molecule has 0 spiro atoms. The van der Waals surface area contributed by atoms with Crippen molar-refractivity contribution in [2.75, 3.05) is 0 Å². The van der Waals surface area contributed by atoms with E-state index in [0.29, 0.717) is 5.92 Å². The molecule has 2 atom stereocenters. The first-order valence-electron chi connectivity index (χ1n) is 4.80. The largest absolute Gasteiger partial charge is 0.508 e. The maximum atomic E-state index is 9.36. The van der Waals surface area contributed by atoms with Gasteiger partial charge in [0.05, 0.1) is 0 Å². The van der Waals surface area contributed by atoms with Crippen molar-refractivity contribution in [3.05, 3.63) is 28.2 Å². The first-order valence-corrected chi connectivity index (χ1v) is 5.59. The van der Waals surface area contributed by atoms with Crippen molar-refractivity contribution in [3.63, 3.8) is 0 Å². The van der Waals surface area contributed by atoms with Gasteiger partial charge in [0, 0.05) is 10.5 Å². The lowest BCUT2D eigenvalue weighted by atomic mass is 9.93. The number of aromatic hydroxyl groups is 1. The summed E-state index contributed by atoms with van der Waals surface area (Å²) in [5, 5.41) is 9.36. The molecule has 0 saturated carbocycles. The molecule has 0 aromatic heterocycles. The van der Waals surface area contributed by atoms with Crippen LogP contribution in [0.2, 0.25) is 0 Å². The second-order valence-corrected chi connectivity index (χ2v) is 4.47. The fourth-order valence-electron chi connectivity index (χ4n) is 1.35. The molecule has 0 heterocycles. The summed E-state index contributed by atoms with van der Waals surface area (Å²) in [7, 11) is 0. The second kappa shape index (κ2) is 4.80. The number of phenols is 1. The molecule has 1 rings (SSSR count). The highest BCUT2D eigenvalue weighted by Gasteiger charge is 2.16. The van der Waals surface area contributed by atoms with Gasteiger partial charge in [-0.3, -0.25) is 0 Å². The summed E-state index contributed by atoms with van der Waals surface area (Å²) in [6.07, 6.45) is 1.03. The summed E-state index contributed by atoms with van der Waals surface area (Å²) in [6.45, 7) is 4.22. The van der Waals surface area contributed by atoms with E-state index < -0.39 is 0 Å². The van der Waals surface area contributed by atoms with Gasteiger partial charge in [0.15, 0.2) is 0 Å². The van der Waals surface area contributed by atoms with E-state index in [0.717, 1.165) is 16.5 Å². The van der Waals surface area contributed by atoms with Gasteiger partial charge in [0.1, 0.15) is 5.75 Å². The van der Waals surface area contributed by atoms with Crippen LogP contribution in [0.3, 0.4) is 0 Å². The summed E-state index contributed by atoms with van der Waals surface area (Å²) >= 11 is 3.44. The molecule has 1 unspecified atom stereocenters. The Morgan fingerprint density at radius 2 is 2.14 bits per heavy atom. The van der Waals surface area contributed by atoms with Crippen molar-refractivity contribution >= 4 is 15.9 Å². The molecular formula is C11H16BrNO. The Morgan fingerprint density at radius 1 is 1.50 bits per heavy atom. The van der Waals surface area contributed by atoms with Crippen LogP contribution in [-0.4, -0.2) is 5.11 Å². The lowest BCUT2D eigenvalue weighted by molar-refractivity contribution is 0.446. The first-order chi connectivity index (χ1) is 6.56. The van der Waals surface area contributed by atoms with Gasteiger partial charge >= 0.3 is 0 Å². The Morgan fingerprint density at radius 3 is 2.71 bits per heavy atom. The van der Waals surface area contributed by atoms with Gasteiger partial charge in [-0.15, -0.1) is 0 Å². The molecule has 3 N–H and O–H groups in total. The number of rotatable bonds is 3. The van der Waals surface area contributed by atoms with Crippen molar-refractivity contribution in [2.45, 2.75) is 26.3 Å². The Balaban J connectivity index is 2.99. The van der Waals surface area contributed by atoms with Crippen molar-refractivity contribution in [1.29, 1.82) is 0 Å². The van der Waals surface area contributed by atoms with Crippen LogP contribution in [0.15, 0.2) is 22.7 Å². The van der Waals surface area contributed by atoms with Crippen LogP contribution in [0, 0.1) is 5.92 Å². The predicted octanol–water partition coefficient (Wildman–Crippen LogP) is 3.20. The van der Waals surface area contributed by atoms with Gasteiger partial charge in [0.25, 0.3) is 0 Å². The van der Waals surface area contributed by atoms with E-state index in [9.17, 15) is 5.11 Å². The average molecular weight is 258 g/mol. The third-order valence-corrected chi connectivity index (χ3v) is 3.32. The maximum absolute atomic E-state index is 9.36. The molecule has 0 bridgehead atoms. The summed E-state index contributed by atoms with van der Waals surface area (Å²) in [6, 6.07) is 5.17.